The number of rotatable bonds is 14. The maximum atomic E-state index is 13.5. The Morgan fingerprint density at radius 2 is 2.00 bits per heavy atom. The Bertz CT molecular complexity index is 1200. The molecule has 3 rings (SSSR count). The van der Waals surface area contributed by atoms with E-state index in [0.29, 0.717) is 57.0 Å². The zero-order chi connectivity index (χ0) is 31.6. The van der Waals surface area contributed by atoms with Crippen molar-refractivity contribution in [1.29, 1.82) is 0 Å². The molecule has 1 saturated heterocycles. The van der Waals surface area contributed by atoms with Crippen LogP contribution in [0.1, 0.15) is 63.4 Å². The van der Waals surface area contributed by atoms with Gasteiger partial charge in [0.2, 0.25) is 0 Å². The number of carbonyl (C=O) groups is 2. The predicted molar refractivity (Wildman–Crippen MR) is 157 cm³/mol. The number of aliphatic imine (C=N–C) groups is 1. The molecule has 238 valence electrons. The molecule has 2 aliphatic rings. The monoisotopic (exact) mass is 610 g/mol. The first-order chi connectivity index (χ1) is 20.4. The van der Waals surface area contributed by atoms with E-state index in [-0.39, 0.29) is 23.4 Å². The van der Waals surface area contributed by atoms with Gasteiger partial charge < -0.3 is 24.4 Å². The van der Waals surface area contributed by atoms with Gasteiger partial charge in [0, 0.05) is 33.0 Å². The fourth-order valence-corrected chi connectivity index (χ4v) is 4.48. The molecular weight excluding hydrogens is 569 g/mol. The largest absolute Gasteiger partial charge is 0.496 e. The molecule has 0 aromatic carbocycles. The van der Waals surface area contributed by atoms with Gasteiger partial charge in [0.05, 0.1) is 31.1 Å². The molecule has 3 heterocycles. The Kier molecular flexibility index (Phi) is 12.0. The molecule has 1 unspecified atom stereocenters. The molecule has 0 radical (unpaired) electrons. The Balaban J connectivity index is 1.73. The van der Waals surface area contributed by atoms with Crippen molar-refractivity contribution in [1.82, 2.24) is 15.6 Å². The van der Waals surface area contributed by atoms with Gasteiger partial charge in [0.25, 0.3) is 5.91 Å². The van der Waals surface area contributed by atoms with E-state index in [9.17, 15) is 22.8 Å². The zero-order valence-electron chi connectivity index (χ0n) is 25.1. The molecule has 1 aromatic heterocycles. The quantitative estimate of drug-likeness (QED) is 0.101. The molecule has 43 heavy (non-hydrogen) atoms. The lowest BCUT2D eigenvalue weighted by Crippen LogP contribution is -2.52. The average Bonchev–Trinajstić information content (AvgIpc) is 3.39. The molecule has 0 spiro atoms. The SMILES string of the molecule is C=CC(=N/C=C(\CCCC)OCCCOC(C)(C)OC)NC(=O)N1c2nc(C(=O)NCC(F)(F)F)ccc2N2CCC1C2. The van der Waals surface area contributed by atoms with Crippen LogP contribution in [0.3, 0.4) is 0 Å². The lowest BCUT2D eigenvalue weighted by molar-refractivity contribution is -0.198. The van der Waals surface area contributed by atoms with Gasteiger partial charge in [-0.2, -0.15) is 13.2 Å². The number of amidine groups is 1. The predicted octanol–water partition coefficient (Wildman–Crippen LogP) is 4.90. The van der Waals surface area contributed by atoms with E-state index in [0.717, 1.165) is 12.8 Å². The Hall–Kier alpha value is -3.65. The van der Waals surface area contributed by atoms with Crippen LogP contribution in [-0.4, -0.2) is 80.7 Å². The van der Waals surface area contributed by atoms with Gasteiger partial charge in [0.15, 0.2) is 11.6 Å². The topological polar surface area (TPSA) is 118 Å². The molecule has 14 heteroatoms. The number of allylic oxidation sites excluding steroid dienone is 1. The van der Waals surface area contributed by atoms with Crippen molar-refractivity contribution in [3.05, 3.63) is 42.4 Å². The number of carbonyl (C=O) groups excluding carboxylic acids is 2. The molecule has 1 fully saturated rings. The van der Waals surface area contributed by atoms with Crippen LogP contribution in [0, 0.1) is 0 Å². The molecule has 3 amide bonds. The summed E-state index contributed by atoms with van der Waals surface area (Å²) in [6.45, 7) is 10.1. The summed E-state index contributed by atoms with van der Waals surface area (Å²) in [5.41, 5.74) is 0.388. The lowest BCUT2D eigenvalue weighted by Gasteiger charge is -2.35. The van der Waals surface area contributed by atoms with Crippen molar-refractivity contribution in [3.8, 4) is 0 Å². The number of anilines is 2. The minimum atomic E-state index is -4.56. The van der Waals surface area contributed by atoms with Crippen LogP contribution < -0.4 is 20.4 Å². The van der Waals surface area contributed by atoms with Crippen molar-refractivity contribution >= 4 is 29.3 Å². The summed E-state index contributed by atoms with van der Waals surface area (Å²) in [7, 11) is 1.58. The first-order valence-corrected chi connectivity index (χ1v) is 14.3. The molecule has 2 bridgehead atoms. The number of amides is 3. The summed E-state index contributed by atoms with van der Waals surface area (Å²) in [4.78, 5) is 38.0. The van der Waals surface area contributed by atoms with Crippen molar-refractivity contribution < 1.29 is 37.0 Å². The minimum Gasteiger partial charge on any atom is -0.496 e. The number of halogens is 3. The van der Waals surface area contributed by atoms with E-state index in [1.807, 2.05) is 24.1 Å². The highest BCUT2D eigenvalue weighted by atomic mass is 19.4. The number of hydrogen-bond donors (Lipinski definition) is 2. The number of pyridine rings is 1. The first-order valence-electron chi connectivity index (χ1n) is 14.3. The summed E-state index contributed by atoms with van der Waals surface area (Å²) in [5, 5.41) is 4.56. The standard InChI is InChI=1S/C29H41F3N6O5/c1-6-8-10-21(42-15-9-16-43-28(3,4)41-5)17-33-24(7-2)36-27(40)38-20-13-14-37(18-20)23-12-11-22(35-25(23)38)26(39)34-19-29(30,31)32/h7,11-12,17,20H,2,6,8-10,13-16,18-19H2,1,3-5H3,(H,34,39)(H,33,36,40)/b21-17+. The van der Waals surface area contributed by atoms with Crippen LogP contribution >= 0.6 is 0 Å². The van der Waals surface area contributed by atoms with Crippen molar-refractivity contribution in [3.63, 3.8) is 0 Å². The number of hydrogen-bond acceptors (Lipinski definition) is 8. The Labute approximate surface area is 250 Å². The van der Waals surface area contributed by atoms with Gasteiger partial charge in [-0.25, -0.2) is 14.8 Å². The second-order valence-corrected chi connectivity index (χ2v) is 10.6. The maximum Gasteiger partial charge on any atom is 0.405 e. The second-order valence-electron chi connectivity index (χ2n) is 10.6. The van der Waals surface area contributed by atoms with Gasteiger partial charge in [-0.3, -0.25) is 15.0 Å². The van der Waals surface area contributed by atoms with E-state index >= 15 is 0 Å². The van der Waals surface area contributed by atoms with Crippen LogP contribution in [-0.2, 0) is 14.2 Å². The number of unbranched alkanes of at least 4 members (excludes halogenated alkanes) is 1. The van der Waals surface area contributed by atoms with E-state index < -0.39 is 30.4 Å². The fraction of sp³-hybridized carbons (Fsp3) is 0.586. The Morgan fingerprint density at radius 3 is 2.67 bits per heavy atom. The average molecular weight is 611 g/mol. The van der Waals surface area contributed by atoms with Crippen LogP contribution in [0.15, 0.2) is 41.7 Å². The number of alkyl halides is 3. The second kappa shape index (κ2) is 15.2. The molecule has 2 N–H and O–H groups in total. The molecule has 0 aliphatic carbocycles. The molecule has 11 nitrogen and oxygen atoms in total. The van der Waals surface area contributed by atoms with Crippen molar-refractivity contribution in [2.75, 3.05) is 49.8 Å². The molecule has 1 atom stereocenters. The number of nitrogens with zero attached hydrogens (tertiary/aromatic N) is 4. The number of urea groups is 1. The highest BCUT2D eigenvalue weighted by Gasteiger charge is 2.41. The van der Waals surface area contributed by atoms with Crippen molar-refractivity contribution in [2.45, 2.75) is 70.9 Å². The van der Waals surface area contributed by atoms with Gasteiger partial charge in [-0.1, -0.05) is 19.9 Å². The summed E-state index contributed by atoms with van der Waals surface area (Å²) < 4.78 is 54.7. The Morgan fingerprint density at radius 1 is 1.23 bits per heavy atom. The van der Waals surface area contributed by atoms with Crippen molar-refractivity contribution in [2.24, 2.45) is 4.99 Å². The van der Waals surface area contributed by atoms with Crippen LogP contribution in [0.2, 0.25) is 0 Å². The third kappa shape index (κ3) is 9.95. The van der Waals surface area contributed by atoms with Gasteiger partial charge in [0.1, 0.15) is 23.8 Å². The van der Waals surface area contributed by atoms with Crippen LogP contribution in [0.4, 0.5) is 29.5 Å². The summed E-state index contributed by atoms with van der Waals surface area (Å²) in [6, 6.07) is 2.15. The third-order valence-corrected chi connectivity index (χ3v) is 6.92. The van der Waals surface area contributed by atoms with E-state index in [2.05, 4.69) is 28.8 Å². The highest BCUT2D eigenvalue weighted by Crippen LogP contribution is 2.38. The van der Waals surface area contributed by atoms with Crippen LogP contribution in [0.25, 0.3) is 0 Å². The first kappa shape index (κ1) is 33.8. The molecular formula is C29H41F3N6O5. The number of methoxy groups -OCH3 is 1. The molecule has 0 saturated carbocycles. The number of aromatic nitrogens is 1. The normalized spacial score (nSPS) is 17.0. The smallest absolute Gasteiger partial charge is 0.405 e. The highest BCUT2D eigenvalue weighted by molar-refractivity contribution is 6.10. The lowest BCUT2D eigenvalue weighted by atomic mass is 10.1. The molecule has 1 aromatic rings. The van der Waals surface area contributed by atoms with E-state index in [1.165, 1.54) is 17.0 Å². The summed E-state index contributed by atoms with van der Waals surface area (Å²) >= 11 is 0. The number of fused-ring (bicyclic) bond motifs is 4. The summed E-state index contributed by atoms with van der Waals surface area (Å²) in [6.07, 6.45) is 2.17. The summed E-state index contributed by atoms with van der Waals surface area (Å²) in [5.74, 6) is -0.651. The van der Waals surface area contributed by atoms with Crippen LogP contribution in [0.5, 0.6) is 0 Å². The third-order valence-electron chi connectivity index (χ3n) is 6.92. The molecule has 2 aliphatic heterocycles. The van der Waals surface area contributed by atoms with Gasteiger partial charge in [-0.15, -0.1) is 0 Å². The maximum absolute atomic E-state index is 13.5. The number of ether oxygens (including phenoxy) is 3. The van der Waals surface area contributed by atoms with Gasteiger partial charge in [-0.05, 0) is 44.9 Å². The zero-order valence-corrected chi connectivity index (χ0v) is 25.1. The number of nitrogens with one attached hydrogen (secondary N) is 2. The van der Waals surface area contributed by atoms with E-state index in [4.69, 9.17) is 14.2 Å². The van der Waals surface area contributed by atoms with Gasteiger partial charge >= 0.3 is 12.2 Å². The fourth-order valence-electron chi connectivity index (χ4n) is 4.48. The minimum absolute atomic E-state index is 0.175. The van der Waals surface area contributed by atoms with E-state index in [1.54, 1.807) is 19.4 Å².